The van der Waals surface area contributed by atoms with Crippen LogP contribution in [0.2, 0.25) is 0 Å². The molecule has 1 aromatic carbocycles. The SMILES string of the molecule is O=C(NCCCOCC1CC1)c1cccc([N+](=O)[O-])c1O. The van der Waals surface area contributed by atoms with E-state index in [0.29, 0.717) is 25.5 Å². The van der Waals surface area contributed by atoms with E-state index in [1.807, 2.05) is 0 Å². The molecule has 0 aliphatic heterocycles. The lowest BCUT2D eigenvalue weighted by Crippen LogP contribution is -2.25. The molecule has 0 spiro atoms. The summed E-state index contributed by atoms with van der Waals surface area (Å²) in [6.07, 6.45) is 3.14. The molecule has 1 saturated carbocycles. The first-order valence-corrected chi connectivity index (χ1v) is 6.92. The lowest BCUT2D eigenvalue weighted by Gasteiger charge is -2.07. The van der Waals surface area contributed by atoms with E-state index in [2.05, 4.69) is 5.32 Å². The Balaban J connectivity index is 1.77. The minimum atomic E-state index is -0.724. The zero-order valence-corrected chi connectivity index (χ0v) is 11.6. The van der Waals surface area contributed by atoms with Gasteiger partial charge in [-0.2, -0.15) is 0 Å². The lowest BCUT2D eigenvalue weighted by molar-refractivity contribution is -0.385. The summed E-state index contributed by atoms with van der Waals surface area (Å²) >= 11 is 0. The molecule has 0 bridgehead atoms. The maximum atomic E-state index is 11.9. The summed E-state index contributed by atoms with van der Waals surface area (Å²) < 4.78 is 5.43. The first-order valence-electron chi connectivity index (χ1n) is 6.92. The summed E-state index contributed by atoms with van der Waals surface area (Å²) in [7, 11) is 0. The second-order valence-corrected chi connectivity index (χ2v) is 5.06. The number of hydrogen-bond donors (Lipinski definition) is 2. The molecular weight excluding hydrogens is 276 g/mol. The van der Waals surface area contributed by atoms with Crippen molar-refractivity contribution in [3.05, 3.63) is 33.9 Å². The van der Waals surface area contributed by atoms with Crippen LogP contribution in [-0.4, -0.2) is 35.7 Å². The molecule has 114 valence electrons. The molecule has 0 atom stereocenters. The predicted octanol–water partition coefficient (Wildman–Crippen LogP) is 1.85. The van der Waals surface area contributed by atoms with Gasteiger partial charge in [-0.15, -0.1) is 0 Å². The smallest absolute Gasteiger partial charge is 0.311 e. The van der Waals surface area contributed by atoms with Crippen LogP contribution < -0.4 is 5.32 Å². The third-order valence-corrected chi connectivity index (χ3v) is 3.26. The monoisotopic (exact) mass is 294 g/mol. The number of amides is 1. The summed E-state index contributed by atoms with van der Waals surface area (Å²) in [5, 5.41) is 23.0. The van der Waals surface area contributed by atoms with Crippen molar-refractivity contribution in [1.82, 2.24) is 5.32 Å². The Morgan fingerprint density at radius 3 is 2.90 bits per heavy atom. The van der Waals surface area contributed by atoms with Crippen molar-refractivity contribution < 1.29 is 19.6 Å². The van der Waals surface area contributed by atoms with Crippen LogP contribution >= 0.6 is 0 Å². The van der Waals surface area contributed by atoms with Gasteiger partial charge in [-0.1, -0.05) is 6.07 Å². The highest BCUT2D eigenvalue weighted by Crippen LogP contribution is 2.29. The van der Waals surface area contributed by atoms with E-state index in [4.69, 9.17) is 4.74 Å². The van der Waals surface area contributed by atoms with Crippen molar-refractivity contribution in [2.24, 2.45) is 5.92 Å². The van der Waals surface area contributed by atoms with E-state index < -0.39 is 22.3 Å². The molecule has 0 saturated heterocycles. The Morgan fingerprint density at radius 1 is 1.48 bits per heavy atom. The van der Waals surface area contributed by atoms with Gasteiger partial charge in [0, 0.05) is 25.8 Å². The van der Waals surface area contributed by atoms with E-state index in [0.717, 1.165) is 12.7 Å². The number of phenols is 1. The van der Waals surface area contributed by atoms with Gasteiger partial charge in [-0.25, -0.2) is 0 Å². The van der Waals surface area contributed by atoms with Crippen molar-refractivity contribution >= 4 is 11.6 Å². The van der Waals surface area contributed by atoms with Crippen molar-refractivity contribution in [2.75, 3.05) is 19.8 Å². The van der Waals surface area contributed by atoms with Crippen LogP contribution in [0.25, 0.3) is 0 Å². The zero-order valence-electron chi connectivity index (χ0n) is 11.6. The van der Waals surface area contributed by atoms with E-state index >= 15 is 0 Å². The van der Waals surface area contributed by atoms with Gasteiger partial charge in [0.1, 0.15) is 0 Å². The normalized spacial score (nSPS) is 13.9. The fraction of sp³-hybridized carbons (Fsp3) is 0.500. The number of benzene rings is 1. The quantitative estimate of drug-likeness (QED) is 0.433. The molecule has 0 unspecified atom stereocenters. The maximum Gasteiger partial charge on any atom is 0.311 e. The molecule has 7 heteroatoms. The molecule has 0 radical (unpaired) electrons. The zero-order chi connectivity index (χ0) is 15.2. The molecule has 2 rings (SSSR count). The molecule has 21 heavy (non-hydrogen) atoms. The topological polar surface area (TPSA) is 102 Å². The van der Waals surface area contributed by atoms with Crippen molar-refractivity contribution in [3.63, 3.8) is 0 Å². The predicted molar refractivity (Wildman–Crippen MR) is 75.3 cm³/mol. The number of aromatic hydroxyl groups is 1. The van der Waals surface area contributed by atoms with Crippen molar-refractivity contribution in [3.8, 4) is 5.75 Å². The Kier molecular flexibility index (Phi) is 5.10. The van der Waals surface area contributed by atoms with E-state index in [-0.39, 0.29) is 5.56 Å². The third-order valence-electron chi connectivity index (χ3n) is 3.26. The Morgan fingerprint density at radius 2 is 2.24 bits per heavy atom. The molecule has 0 aromatic heterocycles. The van der Waals surface area contributed by atoms with Gasteiger partial charge < -0.3 is 15.2 Å². The molecule has 7 nitrogen and oxygen atoms in total. The number of ether oxygens (including phenoxy) is 1. The average molecular weight is 294 g/mol. The summed E-state index contributed by atoms with van der Waals surface area (Å²) in [5.41, 5.74) is -0.571. The minimum Gasteiger partial charge on any atom is -0.502 e. The number of nitro benzene ring substituents is 1. The maximum absolute atomic E-state index is 11.9. The fourth-order valence-electron chi connectivity index (χ4n) is 1.87. The van der Waals surface area contributed by atoms with Gasteiger partial charge in [0.25, 0.3) is 5.91 Å². The molecule has 0 heterocycles. The molecule has 2 N–H and O–H groups in total. The van der Waals surface area contributed by atoms with Crippen LogP contribution in [0.3, 0.4) is 0 Å². The molecule has 1 aromatic rings. The van der Waals surface area contributed by atoms with Gasteiger partial charge in [0.15, 0.2) is 0 Å². The average Bonchev–Trinajstić information content (AvgIpc) is 3.26. The molecule has 1 aliphatic carbocycles. The number of para-hydroxylation sites is 1. The van der Waals surface area contributed by atoms with Crippen LogP contribution in [0.4, 0.5) is 5.69 Å². The summed E-state index contributed by atoms with van der Waals surface area (Å²) in [4.78, 5) is 21.8. The van der Waals surface area contributed by atoms with Crippen LogP contribution in [0.1, 0.15) is 29.6 Å². The second kappa shape index (κ2) is 7.03. The highest BCUT2D eigenvalue weighted by Gasteiger charge is 2.21. The van der Waals surface area contributed by atoms with Crippen LogP contribution in [0.5, 0.6) is 5.75 Å². The van der Waals surface area contributed by atoms with Crippen LogP contribution in [0.15, 0.2) is 18.2 Å². The van der Waals surface area contributed by atoms with Gasteiger partial charge in [-0.3, -0.25) is 14.9 Å². The van der Waals surface area contributed by atoms with Gasteiger partial charge in [0.2, 0.25) is 5.75 Å². The molecule has 1 aliphatic rings. The molecular formula is C14H18N2O5. The first kappa shape index (κ1) is 15.2. The third kappa shape index (κ3) is 4.42. The summed E-state index contributed by atoms with van der Waals surface area (Å²) in [6, 6.07) is 3.87. The summed E-state index contributed by atoms with van der Waals surface area (Å²) in [6.45, 7) is 1.74. The van der Waals surface area contributed by atoms with Crippen LogP contribution in [0, 0.1) is 16.0 Å². The van der Waals surface area contributed by atoms with Gasteiger partial charge >= 0.3 is 5.69 Å². The minimum absolute atomic E-state index is 0.0944. The highest BCUT2D eigenvalue weighted by atomic mass is 16.6. The lowest BCUT2D eigenvalue weighted by atomic mass is 10.1. The van der Waals surface area contributed by atoms with E-state index in [1.165, 1.54) is 25.0 Å². The largest absolute Gasteiger partial charge is 0.502 e. The van der Waals surface area contributed by atoms with E-state index in [9.17, 15) is 20.0 Å². The Labute approximate surface area is 122 Å². The first-order chi connectivity index (χ1) is 10.1. The van der Waals surface area contributed by atoms with Crippen molar-refractivity contribution in [1.29, 1.82) is 0 Å². The standard InChI is InChI=1S/C14H18N2O5/c17-13-11(3-1-4-12(13)16(19)20)14(18)15-7-2-8-21-9-10-5-6-10/h1,3-4,10,17H,2,5-9H2,(H,15,18). The number of phenolic OH excluding ortho intramolecular Hbond substituents is 1. The number of nitrogens with one attached hydrogen (secondary N) is 1. The second-order valence-electron chi connectivity index (χ2n) is 5.06. The van der Waals surface area contributed by atoms with Crippen molar-refractivity contribution in [2.45, 2.75) is 19.3 Å². The van der Waals surface area contributed by atoms with Gasteiger partial charge in [0.05, 0.1) is 10.5 Å². The van der Waals surface area contributed by atoms with Crippen LogP contribution in [-0.2, 0) is 4.74 Å². The fourth-order valence-corrected chi connectivity index (χ4v) is 1.87. The Hall–Kier alpha value is -2.15. The molecule has 1 amide bonds. The Bertz CT molecular complexity index is 528. The number of hydrogen-bond acceptors (Lipinski definition) is 5. The van der Waals surface area contributed by atoms with E-state index in [1.54, 1.807) is 0 Å². The van der Waals surface area contributed by atoms with Gasteiger partial charge in [-0.05, 0) is 31.2 Å². The molecule has 1 fully saturated rings. The highest BCUT2D eigenvalue weighted by molar-refractivity contribution is 5.98. The number of rotatable bonds is 8. The number of nitrogens with zero attached hydrogens (tertiary/aromatic N) is 1. The number of carbonyl (C=O) groups excluding carboxylic acids is 1. The number of carbonyl (C=O) groups is 1. The number of nitro groups is 1. The summed E-state index contributed by atoms with van der Waals surface area (Å²) in [5.74, 6) is -0.426.